The maximum atomic E-state index is 5.94. The van der Waals surface area contributed by atoms with Gasteiger partial charge in [-0.2, -0.15) is 0 Å². The van der Waals surface area contributed by atoms with Crippen molar-refractivity contribution < 1.29 is 9.47 Å². The SMILES string of the molecule is COC1(C(NN)C2CCCOC2)CCC(C)CC1. The van der Waals surface area contributed by atoms with Crippen molar-refractivity contribution in [2.75, 3.05) is 20.3 Å². The predicted octanol–water partition coefficient (Wildman–Crippen LogP) is 1.84. The summed E-state index contributed by atoms with van der Waals surface area (Å²) in [5.41, 5.74) is 2.95. The third-order valence-electron chi connectivity index (χ3n) is 4.94. The van der Waals surface area contributed by atoms with Crippen LogP contribution < -0.4 is 11.3 Å². The van der Waals surface area contributed by atoms with Gasteiger partial charge in [0.2, 0.25) is 0 Å². The van der Waals surface area contributed by atoms with E-state index in [9.17, 15) is 0 Å². The summed E-state index contributed by atoms with van der Waals surface area (Å²) >= 11 is 0. The lowest BCUT2D eigenvalue weighted by Crippen LogP contribution is -2.60. The number of methoxy groups -OCH3 is 1. The number of ether oxygens (including phenoxy) is 2. The highest BCUT2D eigenvalue weighted by Crippen LogP contribution is 2.40. The lowest BCUT2D eigenvalue weighted by molar-refractivity contribution is -0.104. The quantitative estimate of drug-likeness (QED) is 0.595. The third-order valence-corrected chi connectivity index (χ3v) is 4.94. The minimum atomic E-state index is -0.0906. The second-order valence-corrected chi connectivity index (χ2v) is 6.07. The molecule has 4 heteroatoms. The van der Waals surface area contributed by atoms with E-state index >= 15 is 0 Å². The van der Waals surface area contributed by atoms with Crippen molar-refractivity contribution in [3.8, 4) is 0 Å². The van der Waals surface area contributed by atoms with Crippen molar-refractivity contribution in [3.05, 3.63) is 0 Å². The van der Waals surface area contributed by atoms with Crippen LogP contribution in [0.4, 0.5) is 0 Å². The zero-order valence-electron chi connectivity index (χ0n) is 11.8. The number of hydrazine groups is 1. The fraction of sp³-hybridized carbons (Fsp3) is 1.00. The van der Waals surface area contributed by atoms with E-state index in [-0.39, 0.29) is 11.6 Å². The van der Waals surface area contributed by atoms with Gasteiger partial charge in [-0.15, -0.1) is 0 Å². The smallest absolute Gasteiger partial charge is 0.0848 e. The first-order chi connectivity index (χ1) is 8.72. The maximum absolute atomic E-state index is 5.94. The standard InChI is InChI=1S/C14H28N2O2/c1-11-5-7-14(17-2,8-6-11)13(16-15)12-4-3-9-18-10-12/h11-13,16H,3-10,15H2,1-2H3. The van der Waals surface area contributed by atoms with E-state index < -0.39 is 0 Å². The van der Waals surface area contributed by atoms with Crippen molar-refractivity contribution in [1.29, 1.82) is 0 Å². The lowest BCUT2D eigenvalue weighted by atomic mass is 9.71. The molecule has 0 aromatic carbocycles. The van der Waals surface area contributed by atoms with Crippen LogP contribution in [-0.2, 0) is 9.47 Å². The van der Waals surface area contributed by atoms with Crippen molar-refractivity contribution >= 4 is 0 Å². The van der Waals surface area contributed by atoms with Gasteiger partial charge in [0, 0.05) is 19.6 Å². The number of nitrogens with two attached hydrogens (primary N) is 1. The average molecular weight is 256 g/mol. The first-order valence-corrected chi connectivity index (χ1v) is 7.31. The Morgan fingerprint density at radius 3 is 2.56 bits per heavy atom. The van der Waals surface area contributed by atoms with E-state index in [1.54, 1.807) is 0 Å². The summed E-state index contributed by atoms with van der Waals surface area (Å²) in [4.78, 5) is 0. The zero-order chi connectivity index (χ0) is 13.0. The second kappa shape index (κ2) is 6.33. The Morgan fingerprint density at radius 1 is 1.33 bits per heavy atom. The van der Waals surface area contributed by atoms with Crippen molar-refractivity contribution in [1.82, 2.24) is 5.43 Å². The molecule has 0 bridgehead atoms. The van der Waals surface area contributed by atoms with Gasteiger partial charge < -0.3 is 9.47 Å². The molecule has 0 spiro atoms. The van der Waals surface area contributed by atoms with Gasteiger partial charge in [0.05, 0.1) is 18.2 Å². The van der Waals surface area contributed by atoms with Gasteiger partial charge in [0.25, 0.3) is 0 Å². The van der Waals surface area contributed by atoms with Crippen LogP contribution >= 0.6 is 0 Å². The van der Waals surface area contributed by atoms with E-state index in [4.69, 9.17) is 15.3 Å². The third kappa shape index (κ3) is 2.87. The highest BCUT2D eigenvalue weighted by Gasteiger charge is 2.45. The molecule has 18 heavy (non-hydrogen) atoms. The van der Waals surface area contributed by atoms with Gasteiger partial charge in [-0.25, -0.2) is 0 Å². The molecule has 2 rings (SSSR count). The monoisotopic (exact) mass is 256 g/mol. The van der Waals surface area contributed by atoms with Crippen molar-refractivity contribution in [3.63, 3.8) is 0 Å². The summed E-state index contributed by atoms with van der Waals surface area (Å²) in [6.45, 7) is 4.04. The number of nitrogens with one attached hydrogen (secondary N) is 1. The van der Waals surface area contributed by atoms with Gasteiger partial charge in [-0.3, -0.25) is 11.3 Å². The van der Waals surface area contributed by atoms with Gasteiger partial charge in [-0.1, -0.05) is 6.92 Å². The molecule has 2 fully saturated rings. The Labute approximate surface area is 111 Å². The molecule has 2 atom stereocenters. The summed E-state index contributed by atoms with van der Waals surface area (Å²) in [5.74, 6) is 7.14. The zero-order valence-corrected chi connectivity index (χ0v) is 11.8. The molecule has 4 nitrogen and oxygen atoms in total. The minimum absolute atomic E-state index is 0.0906. The predicted molar refractivity (Wildman–Crippen MR) is 72.0 cm³/mol. The molecule has 1 aliphatic carbocycles. The van der Waals surface area contributed by atoms with Crippen LogP contribution in [0.5, 0.6) is 0 Å². The molecule has 1 saturated heterocycles. The Kier molecular flexibility index (Phi) is 5.01. The lowest BCUT2D eigenvalue weighted by Gasteiger charge is -2.47. The maximum Gasteiger partial charge on any atom is 0.0848 e. The number of rotatable bonds is 4. The molecule has 0 radical (unpaired) electrons. The summed E-state index contributed by atoms with van der Waals surface area (Å²) in [5, 5.41) is 0. The molecule has 0 aromatic rings. The number of hydrogen-bond donors (Lipinski definition) is 2. The van der Waals surface area contributed by atoms with E-state index in [1.807, 2.05) is 7.11 Å². The van der Waals surface area contributed by atoms with E-state index in [0.717, 1.165) is 38.4 Å². The van der Waals surface area contributed by atoms with Crippen LogP contribution in [-0.4, -0.2) is 32.0 Å². The highest BCUT2D eigenvalue weighted by molar-refractivity contribution is 4.99. The summed E-state index contributed by atoms with van der Waals surface area (Å²) in [6.07, 6.45) is 7.01. The van der Waals surface area contributed by atoms with E-state index in [2.05, 4.69) is 12.3 Å². The van der Waals surface area contributed by atoms with Crippen molar-refractivity contribution in [2.45, 2.75) is 57.1 Å². The fourth-order valence-electron chi connectivity index (χ4n) is 3.64. The first-order valence-electron chi connectivity index (χ1n) is 7.31. The Morgan fingerprint density at radius 2 is 2.06 bits per heavy atom. The highest BCUT2D eigenvalue weighted by atomic mass is 16.5. The molecule has 1 heterocycles. The first kappa shape index (κ1) is 14.3. The minimum Gasteiger partial charge on any atom is -0.381 e. The Bertz CT molecular complexity index is 246. The molecule has 1 saturated carbocycles. The van der Waals surface area contributed by atoms with Crippen LogP contribution in [0.3, 0.4) is 0 Å². The van der Waals surface area contributed by atoms with Crippen LogP contribution in [0.1, 0.15) is 45.4 Å². The van der Waals surface area contributed by atoms with Gasteiger partial charge >= 0.3 is 0 Å². The molecule has 3 N–H and O–H groups in total. The van der Waals surface area contributed by atoms with E-state index in [0.29, 0.717) is 5.92 Å². The molecular formula is C14H28N2O2. The summed E-state index contributed by atoms with van der Waals surface area (Å²) < 4.78 is 11.6. The summed E-state index contributed by atoms with van der Waals surface area (Å²) in [7, 11) is 1.84. The molecular weight excluding hydrogens is 228 g/mol. The van der Waals surface area contributed by atoms with E-state index in [1.165, 1.54) is 19.3 Å². The number of hydrogen-bond acceptors (Lipinski definition) is 4. The Hall–Kier alpha value is -0.160. The van der Waals surface area contributed by atoms with Crippen LogP contribution in [0.25, 0.3) is 0 Å². The van der Waals surface area contributed by atoms with Crippen LogP contribution in [0.15, 0.2) is 0 Å². The van der Waals surface area contributed by atoms with Crippen LogP contribution in [0.2, 0.25) is 0 Å². The molecule has 1 aliphatic heterocycles. The average Bonchev–Trinajstić information content (AvgIpc) is 2.43. The second-order valence-electron chi connectivity index (χ2n) is 6.07. The van der Waals surface area contributed by atoms with Crippen LogP contribution in [0, 0.1) is 11.8 Å². The van der Waals surface area contributed by atoms with Gasteiger partial charge in [-0.05, 0) is 44.4 Å². The fourth-order valence-corrected chi connectivity index (χ4v) is 3.64. The van der Waals surface area contributed by atoms with Crippen molar-refractivity contribution in [2.24, 2.45) is 17.7 Å². The molecule has 0 amide bonds. The largest absolute Gasteiger partial charge is 0.381 e. The topological polar surface area (TPSA) is 56.5 Å². The van der Waals surface area contributed by atoms with Gasteiger partial charge in [0.1, 0.15) is 0 Å². The normalized spacial score (nSPS) is 39.5. The molecule has 2 aliphatic rings. The summed E-state index contributed by atoms with van der Waals surface area (Å²) in [6, 6.07) is 0.218. The molecule has 0 aromatic heterocycles. The molecule has 2 unspecified atom stereocenters. The Balaban J connectivity index is 2.07. The molecule has 106 valence electrons. The van der Waals surface area contributed by atoms with Gasteiger partial charge in [0.15, 0.2) is 0 Å².